The summed E-state index contributed by atoms with van der Waals surface area (Å²) in [4.78, 5) is 12.3. The second kappa shape index (κ2) is 7.62. The molecule has 25 heavy (non-hydrogen) atoms. The largest absolute Gasteiger partial charge is 0.486 e. The van der Waals surface area contributed by atoms with Gasteiger partial charge in [0.05, 0.1) is 11.1 Å². The van der Waals surface area contributed by atoms with Gasteiger partial charge in [0.1, 0.15) is 12.7 Å². The van der Waals surface area contributed by atoms with Crippen molar-refractivity contribution >= 4 is 29.4 Å². The van der Waals surface area contributed by atoms with Gasteiger partial charge in [-0.15, -0.1) is 23.5 Å². The summed E-state index contributed by atoms with van der Waals surface area (Å²) in [5.41, 5.74) is 1.96. The number of para-hydroxylation sites is 2. The Morgan fingerprint density at radius 1 is 1.04 bits per heavy atom. The van der Waals surface area contributed by atoms with Crippen molar-refractivity contribution < 1.29 is 14.3 Å². The SMILES string of the molecule is O=C(NC[C@H]1COc2ccccc2O1)c1ccc(C2SCCS2)cc1. The summed E-state index contributed by atoms with van der Waals surface area (Å²) >= 11 is 3.93. The average molecular weight is 373 g/mol. The van der Waals surface area contributed by atoms with Crippen molar-refractivity contribution in [3.05, 3.63) is 59.7 Å². The van der Waals surface area contributed by atoms with Gasteiger partial charge in [0, 0.05) is 17.1 Å². The van der Waals surface area contributed by atoms with Crippen LogP contribution in [0.25, 0.3) is 0 Å². The molecule has 4 nitrogen and oxygen atoms in total. The van der Waals surface area contributed by atoms with Crippen LogP contribution in [-0.4, -0.2) is 36.7 Å². The lowest BCUT2D eigenvalue weighted by atomic mass is 10.1. The lowest BCUT2D eigenvalue weighted by Gasteiger charge is -2.26. The summed E-state index contributed by atoms with van der Waals surface area (Å²) in [7, 11) is 0. The molecule has 1 atom stereocenters. The number of rotatable bonds is 4. The molecule has 6 heteroatoms. The number of hydrogen-bond acceptors (Lipinski definition) is 5. The predicted octanol–water partition coefficient (Wildman–Crippen LogP) is 3.74. The van der Waals surface area contributed by atoms with E-state index in [-0.39, 0.29) is 12.0 Å². The normalized spacial score (nSPS) is 19.6. The van der Waals surface area contributed by atoms with Crippen LogP contribution >= 0.6 is 23.5 Å². The van der Waals surface area contributed by atoms with E-state index in [0.717, 1.165) is 11.5 Å². The molecule has 0 bridgehead atoms. The van der Waals surface area contributed by atoms with Crippen LogP contribution in [-0.2, 0) is 0 Å². The summed E-state index contributed by atoms with van der Waals surface area (Å²) in [6.07, 6.45) is -0.176. The van der Waals surface area contributed by atoms with E-state index in [9.17, 15) is 4.79 Å². The zero-order valence-electron chi connectivity index (χ0n) is 13.6. The van der Waals surface area contributed by atoms with E-state index in [4.69, 9.17) is 9.47 Å². The maximum atomic E-state index is 12.3. The molecule has 2 aromatic carbocycles. The molecule has 1 saturated heterocycles. The molecule has 1 N–H and O–H groups in total. The standard InChI is InChI=1S/C19H19NO3S2/c21-18(13-5-7-14(8-6-13)19-24-9-10-25-19)20-11-15-12-22-16-3-1-2-4-17(16)23-15/h1-8,15,19H,9-12H2,(H,20,21)/t15-/m0/s1. The van der Waals surface area contributed by atoms with Crippen LogP contribution in [0.1, 0.15) is 20.5 Å². The van der Waals surface area contributed by atoms with Gasteiger partial charge in [-0.2, -0.15) is 0 Å². The first kappa shape index (κ1) is 16.7. The summed E-state index contributed by atoms with van der Waals surface area (Å²) in [6.45, 7) is 0.857. The van der Waals surface area contributed by atoms with E-state index in [0.29, 0.717) is 23.3 Å². The number of hydrogen-bond donors (Lipinski definition) is 1. The highest BCUT2D eigenvalue weighted by molar-refractivity contribution is 8.19. The monoisotopic (exact) mass is 373 g/mol. The zero-order valence-corrected chi connectivity index (χ0v) is 15.3. The van der Waals surface area contributed by atoms with Gasteiger partial charge < -0.3 is 14.8 Å². The number of carbonyl (C=O) groups is 1. The fourth-order valence-corrected chi connectivity index (χ4v) is 5.67. The quantitative estimate of drug-likeness (QED) is 0.885. The van der Waals surface area contributed by atoms with E-state index in [2.05, 4.69) is 17.4 Å². The van der Waals surface area contributed by atoms with Crippen LogP contribution in [0.5, 0.6) is 11.5 Å². The topological polar surface area (TPSA) is 47.6 Å². The minimum atomic E-state index is -0.176. The molecule has 0 radical (unpaired) electrons. The fraction of sp³-hybridized carbons (Fsp3) is 0.316. The van der Waals surface area contributed by atoms with E-state index in [1.165, 1.54) is 17.1 Å². The van der Waals surface area contributed by atoms with Gasteiger partial charge in [-0.3, -0.25) is 4.79 Å². The fourth-order valence-electron chi connectivity index (χ4n) is 2.81. The minimum Gasteiger partial charge on any atom is -0.486 e. The van der Waals surface area contributed by atoms with Crippen LogP contribution in [0.4, 0.5) is 0 Å². The Kier molecular flexibility index (Phi) is 5.08. The number of benzene rings is 2. The van der Waals surface area contributed by atoms with Gasteiger partial charge >= 0.3 is 0 Å². The summed E-state index contributed by atoms with van der Waals surface area (Å²) in [5.74, 6) is 3.79. The molecule has 2 heterocycles. The Bertz CT molecular complexity index is 745. The van der Waals surface area contributed by atoms with Gasteiger partial charge in [-0.1, -0.05) is 24.3 Å². The Hall–Kier alpha value is -1.79. The third-order valence-electron chi connectivity index (χ3n) is 4.12. The van der Waals surface area contributed by atoms with Crippen molar-refractivity contribution in [2.75, 3.05) is 24.7 Å². The maximum absolute atomic E-state index is 12.3. The van der Waals surface area contributed by atoms with Crippen LogP contribution in [0, 0.1) is 0 Å². The van der Waals surface area contributed by atoms with Crippen LogP contribution in [0.3, 0.4) is 0 Å². The van der Waals surface area contributed by atoms with Crippen molar-refractivity contribution in [2.45, 2.75) is 10.7 Å². The third-order valence-corrected chi connectivity index (χ3v) is 7.23. The van der Waals surface area contributed by atoms with Gasteiger partial charge in [0.2, 0.25) is 0 Å². The van der Waals surface area contributed by atoms with Crippen LogP contribution in [0.2, 0.25) is 0 Å². The summed E-state index contributed by atoms with van der Waals surface area (Å²) < 4.78 is 12.0. The Labute approximate surface area is 155 Å². The van der Waals surface area contributed by atoms with E-state index >= 15 is 0 Å². The highest BCUT2D eigenvalue weighted by Crippen LogP contribution is 2.45. The van der Waals surface area contributed by atoms with E-state index < -0.39 is 0 Å². The van der Waals surface area contributed by atoms with Gasteiger partial charge in [-0.25, -0.2) is 0 Å². The van der Waals surface area contributed by atoms with Gasteiger partial charge in [0.25, 0.3) is 5.91 Å². The molecule has 0 aromatic heterocycles. The molecule has 0 aliphatic carbocycles. The number of fused-ring (bicyclic) bond motifs is 1. The molecule has 0 saturated carbocycles. The molecule has 4 rings (SSSR count). The van der Waals surface area contributed by atoms with Crippen molar-refractivity contribution in [3.8, 4) is 11.5 Å². The highest BCUT2D eigenvalue weighted by Gasteiger charge is 2.22. The Morgan fingerprint density at radius 2 is 1.76 bits per heavy atom. The van der Waals surface area contributed by atoms with Crippen LogP contribution < -0.4 is 14.8 Å². The second-order valence-corrected chi connectivity index (χ2v) is 8.63. The molecule has 2 aliphatic heterocycles. The minimum absolute atomic E-state index is 0.0827. The molecule has 130 valence electrons. The predicted molar refractivity (Wildman–Crippen MR) is 103 cm³/mol. The molecule has 0 spiro atoms. The third kappa shape index (κ3) is 3.90. The van der Waals surface area contributed by atoms with Gasteiger partial charge in [0.15, 0.2) is 11.5 Å². The lowest BCUT2D eigenvalue weighted by molar-refractivity contribution is 0.0789. The summed E-state index contributed by atoms with van der Waals surface area (Å²) in [6, 6.07) is 15.5. The zero-order chi connectivity index (χ0) is 17.1. The molecular formula is C19H19NO3S2. The van der Waals surface area contributed by atoms with E-state index in [1.54, 1.807) is 0 Å². The highest BCUT2D eigenvalue weighted by atomic mass is 32.2. The van der Waals surface area contributed by atoms with Crippen molar-refractivity contribution in [1.82, 2.24) is 5.32 Å². The number of ether oxygens (including phenoxy) is 2. The molecule has 0 unspecified atom stereocenters. The van der Waals surface area contributed by atoms with Crippen molar-refractivity contribution in [3.63, 3.8) is 0 Å². The number of thioether (sulfide) groups is 2. The van der Waals surface area contributed by atoms with Crippen LogP contribution in [0.15, 0.2) is 48.5 Å². The van der Waals surface area contributed by atoms with Crippen molar-refractivity contribution in [2.24, 2.45) is 0 Å². The molecule has 2 aromatic rings. The average Bonchev–Trinajstić information content (AvgIpc) is 3.21. The number of nitrogens with one attached hydrogen (secondary N) is 1. The molecule has 1 amide bonds. The second-order valence-electron chi connectivity index (χ2n) is 5.90. The Morgan fingerprint density at radius 3 is 2.52 bits per heavy atom. The first-order valence-corrected chi connectivity index (χ1v) is 10.4. The van der Waals surface area contributed by atoms with Crippen molar-refractivity contribution in [1.29, 1.82) is 0 Å². The smallest absolute Gasteiger partial charge is 0.251 e. The molecule has 1 fully saturated rings. The maximum Gasteiger partial charge on any atom is 0.251 e. The number of carbonyl (C=O) groups excluding carboxylic acids is 1. The van der Waals surface area contributed by atoms with Gasteiger partial charge in [-0.05, 0) is 29.8 Å². The summed E-state index contributed by atoms with van der Waals surface area (Å²) in [5, 5.41) is 2.93. The molecule has 2 aliphatic rings. The van der Waals surface area contributed by atoms with E-state index in [1.807, 2.05) is 59.9 Å². The first-order chi connectivity index (χ1) is 12.3. The number of amides is 1. The lowest BCUT2D eigenvalue weighted by Crippen LogP contribution is -2.40. The molecular weight excluding hydrogens is 354 g/mol. The first-order valence-electron chi connectivity index (χ1n) is 8.29. The Balaban J connectivity index is 1.32.